The molecule has 0 spiro atoms. The van der Waals surface area contributed by atoms with E-state index in [1.54, 1.807) is 23.6 Å². The van der Waals surface area contributed by atoms with E-state index in [-0.39, 0.29) is 24.2 Å². The van der Waals surface area contributed by atoms with Gasteiger partial charge in [0.15, 0.2) is 11.5 Å². The van der Waals surface area contributed by atoms with Crippen molar-refractivity contribution in [1.82, 2.24) is 19.5 Å². The Bertz CT molecular complexity index is 1140. The molecule has 1 N–H and O–H groups in total. The molecule has 1 aliphatic rings. The molecule has 4 rings (SSSR count). The van der Waals surface area contributed by atoms with Crippen LogP contribution in [0.3, 0.4) is 0 Å². The second-order valence-corrected chi connectivity index (χ2v) is 8.72. The number of carbonyl (C=O) groups excluding carboxylic acids is 2. The number of hydrogen-bond donors (Lipinski definition) is 1. The summed E-state index contributed by atoms with van der Waals surface area (Å²) in [5, 5.41) is 7.12. The molecule has 3 heterocycles. The Labute approximate surface area is 184 Å². The van der Waals surface area contributed by atoms with Crippen LogP contribution < -0.4 is 14.8 Å². The molecule has 0 saturated carbocycles. The zero-order chi connectivity index (χ0) is 22.1. The summed E-state index contributed by atoms with van der Waals surface area (Å²) >= 11 is 1.53. The zero-order valence-corrected chi connectivity index (χ0v) is 18.8. The maximum Gasteiger partial charge on any atom is 0.250 e. The predicted octanol–water partition coefficient (Wildman–Crippen LogP) is 2.45. The van der Waals surface area contributed by atoms with Crippen molar-refractivity contribution in [3.63, 3.8) is 0 Å². The first-order valence-corrected chi connectivity index (χ1v) is 10.8. The quantitative estimate of drug-likeness (QED) is 0.602. The van der Waals surface area contributed by atoms with Gasteiger partial charge >= 0.3 is 0 Å². The van der Waals surface area contributed by atoms with Crippen molar-refractivity contribution >= 4 is 34.1 Å². The van der Waals surface area contributed by atoms with Crippen LogP contribution in [0.4, 0.5) is 5.95 Å². The van der Waals surface area contributed by atoms with Crippen LogP contribution in [-0.2, 0) is 16.0 Å². The molecule has 10 heteroatoms. The van der Waals surface area contributed by atoms with Crippen LogP contribution in [0.25, 0.3) is 4.96 Å². The highest BCUT2D eigenvalue weighted by Crippen LogP contribution is 2.28. The third-order valence-corrected chi connectivity index (χ3v) is 6.64. The van der Waals surface area contributed by atoms with Gasteiger partial charge in [0.2, 0.25) is 22.7 Å². The second-order valence-electron chi connectivity index (χ2n) is 7.54. The maximum absolute atomic E-state index is 12.7. The highest BCUT2D eigenvalue weighted by Gasteiger charge is 2.34. The van der Waals surface area contributed by atoms with E-state index in [1.807, 2.05) is 32.0 Å². The van der Waals surface area contributed by atoms with Gasteiger partial charge in [-0.3, -0.25) is 14.9 Å². The number of thiazole rings is 1. The lowest BCUT2D eigenvalue weighted by molar-refractivity contribution is -0.128. The molecule has 1 atom stereocenters. The van der Waals surface area contributed by atoms with Crippen LogP contribution in [0, 0.1) is 19.8 Å². The first-order chi connectivity index (χ1) is 14.9. The number of amides is 2. The zero-order valence-electron chi connectivity index (χ0n) is 18.0. The summed E-state index contributed by atoms with van der Waals surface area (Å²) in [7, 11) is 3.19. The number of hydrogen-bond acceptors (Lipinski definition) is 7. The lowest BCUT2D eigenvalue weighted by Gasteiger charge is -2.17. The number of rotatable bonds is 7. The standard InChI is InChI=1S/C21H25N5O4S/c1-12-13(2)31-21-23-20(24-26(12)21)22-19(28)15-10-18(27)25(11-15)8-7-14-5-6-16(29-3)17(9-14)30-4/h5-6,9,15H,7-8,10-11H2,1-4H3,(H,22,24,28). The van der Waals surface area contributed by atoms with Crippen LogP contribution in [0.2, 0.25) is 0 Å². The molecule has 1 aliphatic heterocycles. The number of fused-ring (bicyclic) bond motifs is 1. The van der Waals surface area contributed by atoms with Gasteiger partial charge in [0.05, 0.1) is 25.8 Å². The van der Waals surface area contributed by atoms with Gasteiger partial charge in [-0.2, -0.15) is 4.98 Å². The molecule has 0 aliphatic carbocycles. The van der Waals surface area contributed by atoms with Gasteiger partial charge in [0.25, 0.3) is 0 Å². The maximum atomic E-state index is 12.7. The third-order valence-electron chi connectivity index (χ3n) is 5.59. The third kappa shape index (κ3) is 4.20. The topological polar surface area (TPSA) is 98.1 Å². The van der Waals surface area contributed by atoms with E-state index in [0.717, 1.165) is 21.1 Å². The van der Waals surface area contributed by atoms with Crippen molar-refractivity contribution < 1.29 is 19.1 Å². The van der Waals surface area contributed by atoms with Crippen LogP contribution in [0.1, 0.15) is 22.6 Å². The van der Waals surface area contributed by atoms with E-state index in [2.05, 4.69) is 15.4 Å². The van der Waals surface area contributed by atoms with Crippen molar-refractivity contribution in [2.45, 2.75) is 26.7 Å². The molecule has 1 fully saturated rings. The number of aryl methyl sites for hydroxylation is 2. The van der Waals surface area contributed by atoms with Gasteiger partial charge < -0.3 is 14.4 Å². The highest BCUT2D eigenvalue weighted by molar-refractivity contribution is 7.17. The lowest BCUT2D eigenvalue weighted by atomic mass is 10.1. The predicted molar refractivity (Wildman–Crippen MR) is 117 cm³/mol. The fourth-order valence-electron chi connectivity index (χ4n) is 3.67. The van der Waals surface area contributed by atoms with Crippen LogP contribution in [0.5, 0.6) is 11.5 Å². The SMILES string of the molecule is COc1ccc(CCN2CC(C(=O)Nc3nc4sc(C)c(C)n4n3)CC2=O)cc1OC. The summed E-state index contributed by atoms with van der Waals surface area (Å²) < 4.78 is 12.3. The van der Waals surface area contributed by atoms with Crippen molar-refractivity contribution in [2.75, 3.05) is 32.6 Å². The van der Waals surface area contributed by atoms with E-state index >= 15 is 0 Å². The van der Waals surface area contributed by atoms with E-state index in [0.29, 0.717) is 31.0 Å². The number of likely N-dealkylation sites (tertiary alicyclic amines) is 1. The van der Waals surface area contributed by atoms with Gasteiger partial charge in [0.1, 0.15) is 0 Å². The average molecular weight is 444 g/mol. The Morgan fingerprint density at radius 3 is 2.74 bits per heavy atom. The monoisotopic (exact) mass is 443 g/mol. The van der Waals surface area contributed by atoms with E-state index in [9.17, 15) is 9.59 Å². The van der Waals surface area contributed by atoms with Gasteiger partial charge in [0, 0.05) is 24.4 Å². The molecule has 31 heavy (non-hydrogen) atoms. The van der Waals surface area contributed by atoms with Gasteiger partial charge in [-0.15, -0.1) is 5.10 Å². The largest absolute Gasteiger partial charge is 0.493 e. The number of carbonyl (C=O) groups is 2. The van der Waals surface area contributed by atoms with E-state index < -0.39 is 5.92 Å². The van der Waals surface area contributed by atoms with E-state index in [1.165, 1.54) is 11.3 Å². The molecular formula is C21H25N5O4S. The summed E-state index contributed by atoms with van der Waals surface area (Å²) in [5.41, 5.74) is 2.04. The first kappa shape index (κ1) is 21.1. The van der Waals surface area contributed by atoms with Crippen molar-refractivity contribution in [1.29, 1.82) is 0 Å². The molecular weight excluding hydrogens is 418 g/mol. The number of anilines is 1. The summed E-state index contributed by atoms with van der Waals surface area (Å²) in [5.74, 6) is 0.930. The van der Waals surface area contributed by atoms with E-state index in [4.69, 9.17) is 9.47 Å². The minimum atomic E-state index is -0.415. The minimum absolute atomic E-state index is 0.0223. The Morgan fingerprint density at radius 2 is 2.03 bits per heavy atom. The molecule has 0 bridgehead atoms. The Hall–Kier alpha value is -3.14. The molecule has 2 amide bonds. The molecule has 1 unspecified atom stereocenters. The van der Waals surface area contributed by atoms with Crippen LogP contribution >= 0.6 is 11.3 Å². The number of ether oxygens (including phenoxy) is 2. The normalized spacial score (nSPS) is 16.2. The number of nitrogens with zero attached hydrogens (tertiary/aromatic N) is 4. The molecule has 1 aromatic carbocycles. The summed E-state index contributed by atoms with van der Waals surface area (Å²) in [4.78, 5) is 33.1. The lowest BCUT2D eigenvalue weighted by Crippen LogP contribution is -2.30. The van der Waals surface area contributed by atoms with Crippen molar-refractivity contribution in [3.8, 4) is 11.5 Å². The fraction of sp³-hybridized carbons (Fsp3) is 0.429. The Kier molecular flexibility index (Phi) is 5.81. The summed E-state index contributed by atoms with van der Waals surface area (Å²) in [6.07, 6.45) is 0.857. The summed E-state index contributed by atoms with van der Waals surface area (Å²) in [6.45, 7) is 4.90. The average Bonchev–Trinajstić information content (AvgIpc) is 3.40. The molecule has 0 radical (unpaired) electrons. The molecule has 2 aromatic heterocycles. The van der Waals surface area contributed by atoms with Gasteiger partial charge in [-0.05, 0) is 38.0 Å². The number of methoxy groups -OCH3 is 2. The number of benzene rings is 1. The first-order valence-electron chi connectivity index (χ1n) is 10.0. The molecule has 164 valence electrons. The van der Waals surface area contributed by atoms with Gasteiger partial charge in [-0.1, -0.05) is 17.4 Å². The Balaban J connectivity index is 1.35. The van der Waals surface area contributed by atoms with Gasteiger partial charge in [-0.25, -0.2) is 4.52 Å². The van der Waals surface area contributed by atoms with Crippen molar-refractivity contribution in [2.24, 2.45) is 5.92 Å². The van der Waals surface area contributed by atoms with Crippen molar-refractivity contribution in [3.05, 3.63) is 34.3 Å². The number of aromatic nitrogens is 3. The van der Waals surface area contributed by atoms with Crippen LogP contribution in [-0.4, -0.2) is 58.6 Å². The highest BCUT2D eigenvalue weighted by atomic mass is 32.1. The number of nitrogens with one attached hydrogen (secondary N) is 1. The Morgan fingerprint density at radius 1 is 1.26 bits per heavy atom. The minimum Gasteiger partial charge on any atom is -0.493 e. The molecule has 3 aromatic rings. The second kappa shape index (κ2) is 8.54. The molecule has 1 saturated heterocycles. The fourth-order valence-corrected chi connectivity index (χ4v) is 4.58. The summed E-state index contributed by atoms with van der Waals surface area (Å²) in [6, 6.07) is 5.71. The molecule has 9 nitrogen and oxygen atoms in total. The van der Waals surface area contributed by atoms with Crippen LogP contribution in [0.15, 0.2) is 18.2 Å². The smallest absolute Gasteiger partial charge is 0.250 e.